The Bertz CT molecular complexity index is 741. The molecular formula is C19H19NO3. The summed E-state index contributed by atoms with van der Waals surface area (Å²) in [7, 11) is 0. The number of hydrogen-bond acceptors (Lipinski definition) is 3. The van der Waals surface area contributed by atoms with Gasteiger partial charge in [-0.2, -0.15) is 0 Å². The van der Waals surface area contributed by atoms with E-state index in [0.717, 1.165) is 25.7 Å². The molecule has 118 valence electrons. The number of hydrogen-bond donors (Lipinski definition) is 1. The molecule has 1 heterocycles. The van der Waals surface area contributed by atoms with Crippen molar-refractivity contribution in [3.63, 3.8) is 0 Å². The third-order valence-corrected chi connectivity index (χ3v) is 5.42. The molecule has 0 spiro atoms. The van der Waals surface area contributed by atoms with Gasteiger partial charge in [-0.3, -0.25) is 14.4 Å². The molecule has 4 rings (SSSR count). The maximum absolute atomic E-state index is 12.7. The predicted molar refractivity (Wildman–Crippen MR) is 85.5 cm³/mol. The first-order valence-corrected chi connectivity index (χ1v) is 8.39. The lowest BCUT2D eigenvalue weighted by Crippen LogP contribution is -2.42. The van der Waals surface area contributed by atoms with Gasteiger partial charge in [-0.05, 0) is 18.8 Å². The van der Waals surface area contributed by atoms with Gasteiger partial charge in [-0.1, -0.05) is 43.5 Å². The third-order valence-electron chi connectivity index (χ3n) is 5.42. The zero-order valence-electron chi connectivity index (χ0n) is 12.9. The van der Waals surface area contributed by atoms with Crippen LogP contribution in [0.15, 0.2) is 29.8 Å². The Morgan fingerprint density at radius 2 is 1.57 bits per heavy atom. The molecule has 1 aromatic rings. The van der Waals surface area contributed by atoms with Crippen LogP contribution in [0, 0.1) is 11.8 Å². The Morgan fingerprint density at radius 1 is 0.870 bits per heavy atom. The zero-order valence-corrected chi connectivity index (χ0v) is 12.9. The lowest BCUT2D eigenvalue weighted by Gasteiger charge is -2.37. The molecule has 0 aromatic heterocycles. The van der Waals surface area contributed by atoms with Crippen molar-refractivity contribution in [1.29, 1.82) is 0 Å². The van der Waals surface area contributed by atoms with Gasteiger partial charge in [0.25, 0.3) is 0 Å². The normalized spacial score (nSPS) is 25.0. The molecule has 3 aliphatic rings. The van der Waals surface area contributed by atoms with Crippen molar-refractivity contribution in [1.82, 2.24) is 5.32 Å². The lowest BCUT2D eigenvalue weighted by atomic mass is 9.69. The predicted octanol–water partition coefficient (Wildman–Crippen LogP) is 2.88. The largest absolute Gasteiger partial charge is 0.325 e. The number of fused-ring (bicyclic) bond motifs is 2. The molecule has 23 heavy (non-hydrogen) atoms. The summed E-state index contributed by atoms with van der Waals surface area (Å²) in [6.45, 7) is 0. The van der Waals surface area contributed by atoms with Gasteiger partial charge in [0.05, 0.1) is 5.70 Å². The SMILES string of the molecule is O=C1CC(C2CCCCC2)C2=C(N1)c1ccccc1C(=O)C2=O. The summed E-state index contributed by atoms with van der Waals surface area (Å²) in [5, 5.41) is 2.86. The van der Waals surface area contributed by atoms with Crippen LogP contribution in [-0.2, 0) is 9.59 Å². The highest BCUT2D eigenvalue weighted by Crippen LogP contribution is 2.43. The van der Waals surface area contributed by atoms with Crippen LogP contribution >= 0.6 is 0 Å². The number of carbonyl (C=O) groups is 3. The first kappa shape index (κ1) is 14.4. The summed E-state index contributed by atoms with van der Waals surface area (Å²) in [4.78, 5) is 37.4. The average molecular weight is 309 g/mol. The Morgan fingerprint density at radius 3 is 2.30 bits per heavy atom. The second-order valence-electron chi connectivity index (χ2n) is 6.75. The second kappa shape index (κ2) is 5.44. The summed E-state index contributed by atoms with van der Waals surface area (Å²) in [6.07, 6.45) is 5.91. The van der Waals surface area contributed by atoms with E-state index in [2.05, 4.69) is 5.32 Å². The maximum Gasteiger partial charge on any atom is 0.233 e. The molecule has 1 unspecified atom stereocenters. The van der Waals surface area contributed by atoms with E-state index in [-0.39, 0.29) is 11.8 Å². The lowest BCUT2D eigenvalue weighted by molar-refractivity contribution is -0.122. The van der Waals surface area contributed by atoms with Crippen LogP contribution in [0.1, 0.15) is 54.4 Å². The summed E-state index contributed by atoms with van der Waals surface area (Å²) in [5.74, 6) is -0.674. The maximum atomic E-state index is 12.7. The van der Waals surface area contributed by atoms with Crippen LogP contribution in [0.25, 0.3) is 5.70 Å². The van der Waals surface area contributed by atoms with Crippen LogP contribution in [0.2, 0.25) is 0 Å². The van der Waals surface area contributed by atoms with Crippen LogP contribution in [0.3, 0.4) is 0 Å². The number of carbonyl (C=O) groups excluding carboxylic acids is 3. The first-order chi connectivity index (χ1) is 11.2. The zero-order chi connectivity index (χ0) is 16.0. The number of Topliss-reactive ketones (excluding diaryl/α,β-unsaturated/α-hetero) is 2. The Hall–Kier alpha value is -2.23. The minimum absolute atomic E-state index is 0.0451. The molecule has 0 radical (unpaired) electrons. The van der Waals surface area contributed by atoms with E-state index in [0.29, 0.717) is 34.7 Å². The number of allylic oxidation sites excluding steroid dienone is 1. The number of nitrogens with one attached hydrogen (secondary N) is 1. The van der Waals surface area contributed by atoms with Crippen LogP contribution in [0.4, 0.5) is 0 Å². The van der Waals surface area contributed by atoms with Gasteiger partial charge in [0, 0.05) is 29.0 Å². The summed E-state index contributed by atoms with van der Waals surface area (Å²) >= 11 is 0. The van der Waals surface area contributed by atoms with Crippen LogP contribution in [-0.4, -0.2) is 17.5 Å². The number of benzene rings is 1. The van der Waals surface area contributed by atoms with Crippen LogP contribution in [0.5, 0.6) is 0 Å². The van der Waals surface area contributed by atoms with E-state index < -0.39 is 11.6 Å². The number of ketones is 2. The van der Waals surface area contributed by atoms with E-state index in [1.165, 1.54) is 6.42 Å². The molecule has 1 atom stereocenters. The van der Waals surface area contributed by atoms with Crippen molar-refractivity contribution >= 4 is 23.2 Å². The number of amides is 1. The first-order valence-electron chi connectivity index (χ1n) is 8.39. The fourth-order valence-electron chi connectivity index (χ4n) is 4.32. The second-order valence-corrected chi connectivity index (χ2v) is 6.75. The standard InChI is InChI=1S/C19H19NO3/c21-15-10-14(11-6-2-1-3-7-11)16-17(20-15)12-8-4-5-9-13(12)18(22)19(16)23/h4-5,8-9,11,14H,1-3,6-7,10H2,(H,20,21). The van der Waals surface area contributed by atoms with Gasteiger partial charge in [-0.15, -0.1) is 0 Å². The van der Waals surface area contributed by atoms with Gasteiger partial charge < -0.3 is 5.32 Å². The molecule has 4 heteroatoms. The topological polar surface area (TPSA) is 63.2 Å². The molecule has 0 saturated heterocycles. The molecule has 1 aromatic carbocycles. The highest BCUT2D eigenvalue weighted by atomic mass is 16.2. The molecule has 1 amide bonds. The van der Waals surface area contributed by atoms with Crippen molar-refractivity contribution in [3.8, 4) is 0 Å². The molecule has 1 aliphatic heterocycles. The third kappa shape index (κ3) is 2.24. The van der Waals surface area contributed by atoms with E-state index >= 15 is 0 Å². The highest BCUT2D eigenvalue weighted by Gasteiger charge is 2.43. The smallest absolute Gasteiger partial charge is 0.233 e. The Balaban J connectivity index is 1.86. The highest BCUT2D eigenvalue weighted by molar-refractivity contribution is 6.52. The van der Waals surface area contributed by atoms with Crippen molar-refractivity contribution in [2.45, 2.75) is 38.5 Å². The quantitative estimate of drug-likeness (QED) is 0.811. The van der Waals surface area contributed by atoms with Gasteiger partial charge in [-0.25, -0.2) is 0 Å². The minimum Gasteiger partial charge on any atom is -0.325 e. The van der Waals surface area contributed by atoms with Crippen molar-refractivity contribution in [3.05, 3.63) is 41.0 Å². The Kier molecular flexibility index (Phi) is 3.40. The van der Waals surface area contributed by atoms with E-state index in [4.69, 9.17) is 0 Å². The Labute approximate surface area is 135 Å². The monoisotopic (exact) mass is 309 g/mol. The van der Waals surface area contributed by atoms with E-state index in [1.54, 1.807) is 12.1 Å². The fraction of sp³-hybridized carbons (Fsp3) is 0.421. The van der Waals surface area contributed by atoms with Gasteiger partial charge in [0.2, 0.25) is 17.5 Å². The van der Waals surface area contributed by atoms with Crippen molar-refractivity contribution < 1.29 is 14.4 Å². The van der Waals surface area contributed by atoms with E-state index in [9.17, 15) is 14.4 Å². The van der Waals surface area contributed by atoms with E-state index in [1.807, 2.05) is 12.1 Å². The molecule has 1 N–H and O–H groups in total. The number of rotatable bonds is 1. The van der Waals surface area contributed by atoms with Crippen molar-refractivity contribution in [2.24, 2.45) is 11.8 Å². The molecule has 0 bridgehead atoms. The summed E-state index contributed by atoms with van der Waals surface area (Å²) in [6, 6.07) is 7.07. The van der Waals surface area contributed by atoms with Gasteiger partial charge >= 0.3 is 0 Å². The summed E-state index contributed by atoms with van der Waals surface area (Å²) in [5.41, 5.74) is 2.24. The minimum atomic E-state index is -0.434. The fourth-order valence-corrected chi connectivity index (χ4v) is 4.32. The van der Waals surface area contributed by atoms with Gasteiger partial charge in [0.15, 0.2) is 0 Å². The molecular weight excluding hydrogens is 290 g/mol. The molecule has 4 nitrogen and oxygen atoms in total. The summed E-state index contributed by atoms with van der Waals surface area (Å²) < 4.78 is 0. The van der Waals surface area contributed by atoms with Crippen molar-refractivity contribution in [2.75, 3.05) is 0 Å². The van der Waals surface area contributed by atoms with Gasteiger partial charge in [0.1, 0.15) is 0 Å². The average Bonchev–Trinajstić information content (AvgIpc) is 2.59. The molecule has 2 aliphatic carbocycles. The van der Waals surface area contributed by atoms with Crippen LogP contribution < -0.4 is 5.32 Å². The molecule has 1 fully saturated rings. The molecule has 1 saturated carbocycles.